The molecule has 0 radical (unpaired) electrons. The van der Waals surface area contributed by atoms with Gasteiger partial charge in [-0.25, -0.2) is 8.42 Å². The van der Waals surface area contributed by atoms with Gasteiger partial charge in [0.15, 0.2) is 0 Å². The van der Waals surface area contributed by atoms with Crippen molar-refractivity contribution in [3.63, 3.8) is 0 Å². The Labute approximate surface area is 193 Å². The van der Waals surface area contributed by atoms with Crippen molar-refractivity contribution in [2.75, 3.05) is 29.4 Å². The lowest BCUT2D eigenvalue weighted by Gasteiger charge is -2.40. The molecule has 4 rings (SSSR count). The van der Waals surface area contributed by atoms with E-state index in [9.17, 15) is 13.2 Å². The van der Waals surface area contributed by atoms with Crippen LogP contribution >= 0.6 is 15.9 Å². The van der Waals surface area contributed by atoms with Crippen LogP contribution in [-0.4, -0.2) is 50.3 Å². The molecule has 2 aromatic carbocycles. The topological polar surface area (TPSA) is 60.9 Å². The van der Waals surface area contributed by atoms with Crippen LogP contribution in [-0.2, 0) is 21.2 Å². The number of carbonyl (C=O) groups excluding carboxylic acids is 1. The zero-order chi connectivity index (χ0) is 22.5. The number of halogens is 1. The molecule has 8 heteroatoms. The lowest BCUT2D eigenvalue weighted by molar-refractivity contribution is -0.116. The second-order valence-electron chi connectivity index (χ2n) is 8.59. The number of fused-ring (bicyclic) bond motifs is 1. The molecule has 2 aromatic rings. The zero-order valence-corrected chi connectivity index (χ0v) is 20.7. The maximum atomic E-state index is 13.6. The number of hydrogen-bond acceptors (Lipinski definition) is 4. The van der Waals surface area contributed by atoms with Gasteiger partial charge in [-0.3, -0.25) is 4.79 Å². The molecule has 2 aliphatic rings. The molecule has 0 aromatic heterocycles. The Morgan fingerprint density at radius 3 is 2.35 bits per heavy atom. The molecular formula is C23H28BrN3O3S. The number of anilines is 2. The largest absolute Gasteiger partial charge is 0.366 e. The molecule has 6 nitrogen and oxygen atoms in total. The van der Waals surface area contributed by atoms with Crippen LogP contribution in [0.25, 0.3) is 0 Å². The summed E-state index contributed by atoms with van der Waals surface area (Å²) < 4.78 is 29.3. The number of carbonyl (C=O) groups is 1. The maximum absolute atomic E-state index is 13.6. The zero-order valence-electron chi connectivity index (χ0n) is 18.3. The van der Waals surface area contributed by atoms with E-state index in [1.54, 1.807) is 15.3 Å². The summed E-state index contributed by atoms with van der Waals surface area (Å²) >= 11 is 3.48. The molecule has 0 aliphatic carbocycles. The highest BCUT2D eigenvalue weighted by Gasteiger charge is 2.36. The Kier molecular flexibility index (Phi) is 5.91. The van der Waals surface area contributed by atoms with E-state index in [0.29, 0.717) is 29.8 Å². The van der Waals surface area contributed by atoms with Gasteiger partial charge in [0.05, 0.1) is 4.90 Å². The average Bonchev–Trinajstić information content (AvgIpc) is 3.02. The van der Waals surface area contributed by atoms with E-state index >= 15 is 0 Å². The van der Waals surface area contributed by atoms with E-state index in [2.05, 4.69) is 58.9 Å². The number of piperazine rings is 1. The summed E-state index contributed by atoms with van der Waals surface area (Å²) in [4.78, 5) is 16.3. The molecule has 2 atom stereocenters. The molecule has 166 valence electrons. The second kappa shape index (κ2) is 8.22. The lowest BCUT2D eigenvalue weighted by Crippen LogP contribution is -2.53. The monoisotopic (exact) mass is 505 g/mol. The van der Waals surface area contributed by atoms with Crippen LogP contribution in [0.1, 0.15) is 31.9 Å². The summed E-state index contributed by atoms with van der Waals surface area (Å²) in [6.45, 7) is 9.06. The molecule has 0 N–H and O–H groups in total. The molecule has 1 amide bonds. The quantitative estimate of drug-likeness (QED) is 0.633. The number of nitrogens with zero attached hydrogens (tertiary/aromatic N) is 3. The fourth-order valence-corrected chi connectivity index (χ4v) is 7.28. The molecule has 1 fully saturated rings. The minimum Gasteiger partial charge on any atom is -0.366 e. The summed E-state index contributed by atoms with van der Waals surface area (Å²) in [5.41, 5.74) is 4.01. The smallest absolute Gasteiger partial charge is 0.244 e. The van der Waals surface area contributed by atoms with Crippen LogP contribution in [0, 0.1) is 6.92 Å². The van der Waals surface area contributed by atoms with E-state index in [1.807, 2.05) is 13.0 Å². The lowest BCUT2D eigenvalue weighted by atomic mass is 10.1. The fraction of sp³-hybridized carbons (Fsp3) is 0.435. The highest BCUT2D eigenvalue weighted by atomic mass is 79.9. The first kappa shape index (κ1) is 22.3. The molecule has 2 aliphatic heterocycles. The van der Waals surface area contributed by atoms with E-state index in [0.717, 1.165) is 17.7 Å². The van der Waals surface area contributed by atoms with Crippen molar-refractivity contribution in [3.05, 3.63) is 52.0 Å². The Morgan fingerprint density at radius 2 is 1.74 bits per heavy atom. The van der Waals surface area contributed by atoms with Crippen LogP contribution in [0.15, 0.2) is 45.8 Å². The van der Waals surface area contributed by atoms with Crippen LogP contribution in [0.3, 0.4) is 0 Å². The predicted octanol–water partition coefficient (Wildman–Crippen LogP) is 3.95. The highest BCUT2D eigenvalue weighted by molar-refractivity contribution is 9.10. The van der Waals surface area contributed by atoms with Gasteiger partial charge in [-0.05, 0) is 73.0 Å². The summed E-state index contributed by atoms with van der Waals surface area (Å²) in [5.74, 6) is -0.0720. The van der Waals surface area contributed by atoms with Gasteiger partial charge in [0.25, 0.3) is 0 Å². The van der Waals surface area contributed by atoms with Crippen LogP contribution in [0.4, 0.5) is 11.4 Å². The molecule has 0 unspecified atom stereocenters. The third-order valence-corrected chi connectivity index (χ3v) is 9.09. The average molecular weight is 506 g/mol. The Balaban J connectivity index is 1.61. The molecule has 0 spiro atoms. The molecule has 0 bridgehead atoms. The summed E-state index contributed by atoms with van der Waals surface area (Å²) in [7, 11) is -3.70. The third-order valence-electron chi connectivity index (χ3n) is 6.26. The van der Waals surface area contributed by atoms with Crippen molar-refractivity contribution in [1.29, 1.82) is 0 Å². The first-order valence-corrected chi connectivity index (χ1v) is 12.8. The molecule has 2 heterocycles. The van der Waals surface area contributed by atoms with Crippen molar-refractivity contribution in [2.24, 2.45) is 0 Å². The summed E-state index contributed by atoms with van der Waals surface area (Å²) in [6, 6.07) is 11.9. The Morgan fingerprint density at radius 1 is 1.06 bits per heavy atom. The molecule has 1 saturated heterocycles. The Hall–Kier alpha value is -1.90. The number of sulfonamides is 1. The van der Waals surface area contributed by atoms with Gasteiger partial charge < -0.3 is 9.80 Å². The fourth-order valence-electron chi connectivity index (χ4n) is 4.70. The van der Waals surface area contributed by atoms with Crippen molar-refractivity contribution >= 4 is 43.2 Å². The van der Waals surface area contributed by atoms with Gasteiger partial charge in [-0.1, -0.05) is 17.7 Å². The number of hydrogen-bond donors (Lipinski definition) is 0. The molecule has 31 heavy (non-hydrogen) atoms. The second-order valence-corrected chi connectivity index (χ2v) is 11.4. The van der Waals surface area contributed by atoms with Gasteiger partial charge in [0.1, 0.15) is 0 Å². The number of rotatable bonds is 3. The van der Waals surface area contributed by atoms with Gasteiger partial charge >= 0.3 is 0 Å². The van der Waals surface area contributed by atoms with Crippen molar-refractivity contribution < 1.29 is 13.2 Å². The summed E-state index contributed by atoms with van der Waals surface area (Å²) in [6.07, 6.45) is 0.722. The third kappa shape index (κ3) is 4.01. The van der Waals surface area contributed by atoms with Gasteiger partial charge in [-0.15, -0.1) is 0 Å². The van der Waals surface area contributed by atoms with E-state index in [1.165, 1.54) is 12.5 Å². The first-order chi connectivity index (χ1) is 14.6. The van der Waals surface area contributed by atoms with Crippen LogP contribution < -0.4 is 9.80 Å². The van der Waals surface area contributed by atoms with Crippen molar-refractivity contribution in [1.82, 2.24) is 4.31 Å². The van der Waals surface area contributed by atoms with E-state index in [4.69, 9.17) is 0 Å². The van der Waals surface area contributed by atoms with Crippen LogP contribution in [0.2, 0.25) is 0 Å². The van der Waals surface area contributed by atoms with Crippen molar-refractivity contribution in [2.45, 2.75) is 51.1 Å². The van der Waals surface area contributed by atoms with Gasteiger partial charge in [-0.2, -0.15) is 4.31 Å². The number of amides is 1. The normalized spacial score (nSPS) is 22.0. The Bertz CT molecular complexity index is 1120. The van der Waals surface area contributed by atoms with E-state index in [-0.39, 0.29) is 22.9 Å². The number of aryl methyl sites for hydroxylation is 1. The first-order valence-electron chi connectivity index (χ1n) is 10.5. The van der Waals surface area contributed by atoms with Gasteiger partial charge in [0, 0.05) is 54.5 Å². The standard InChI is InChI=1S/C23H28BrN3O3S/c1-15-5-7-20(8-6-15)26-10-9-25(14-17(26)3)31(29,30)23-13-22-19(12-21(23)24)11-16(2)27(22)18(4)28/h5-8,12-13,16-17H,9-11,14H2,1-4H3/t16-,17+/m1/s1. The van der Waals surface area contributed by atoms with Gasteiger partial charge in [0.2, 0.25) is 15.9 Å². The highest BCUT2D eigenvalue weighted by Crippen LogP contribution is 2.39. The summed E-state index contributed by atoms with van der Waals surface area (Å²) in [5, 5.41) is 0. The predicted molar refractivity (Wildman–Crippen MR) is 127 cm³/mol. The SMILES string of the molecule is CC(=O)N1c2cc(S(=O)(=O)N3CCN(c4ccc(C)cc4)[C@@H](C)C3)c(Br)cc2C[C@H]1C. The molecular weight excluding hydrogens is 478 g/mol. The van der Waals surface area contributed by atoms with Crippen LogP contribution in [0.5, 0.6) is 0 Å². The van der Waals surface area contributed by atoms with Crippen molar-refractivity contribution in [3.8, 4) is 0 Å². The minimum atomic E-state index is -3.70. The molecule has 0 saturated carbocycles. The maximum Gasteiger partial charge on any atom is 0.244 e. The van der Waals surface area contributed by atoms with E-state index < -0.39 is 10.0 Å². The number of benzene rings is 2. The minimum absolute atomic E-state index is 0.0235.